The number of carbonyl (C=O) groups is 1. The van der Waals surface area contributed by atoms with Crippen LogP contribution in [0.25, 0.3) is 15.3 Å². The smallest absolute Gasteiger partial charge is 0.251 e. The zero-order chi connectivity index (χ0) is 16.2. The van der Waals surface area contributed by atoms with Crippen LogP contribution in [-0.2, 0) is 4.74 Å². The molecule has 0 fully saturated rings. The molecule has 1 amide bonds. The van der Waals surface area contributed by atoms with Gasteiger partial charge in [-0.3, -0.25) is 4.79 Å². The van der Waals surface area contributed by atoms with E-state index in [2.05, 4.69) is 10.3 Å². The Bertz CT molecular complexity index is 798. The summed E-state index contributed by atoms with van der Waals surface area (Å²) in [6, 6.07) is 9.27. The van der Waals surface area contributed by atoms with E-state index in [1.165, 1.54) is 18.4 Å². The number of aliphatic hydroxyl groups excluding tert-OH is 1. The third kappa shape index (κ3) is 3.58. The Morgan fingerprint density at radius 2 is 2.22 bits per heavy atom. The normalized spacial score (nSPS) is 12.4. The van der Waals surface area contributed by atoms with Crippen LogP contribution in [0.2, 0.25) is 0 Å². The Balaban J connectivity index is 1.76. The van der Waals surface area contributed by atoms with Gasteiger partial charge >= 0.3 is 0 Å². The highest BCUT2D eigenvalue weighted by molar-refractivity contribution is 7.20. The number of hydrogen-bond acceptors (Lipinski definition) is 5. The number of rotatable bonds is 6. The fourth-order valence-electron chi connectivity index (χ4n) is 2.19. The number of amides is 1. The van der Waals surface area contributed by atoms with E-state index in [1.807, 2.05) is 41.2 Å². The predicted molar refractivity (Wildman–Crippen MR) is 89.2 cm³/mol. The van der Waals surface area contributed by atoms with Crippen LogP contribution in [0.3, 0.4) is 0 Å². The molecule has 2 N–H and O–H groups in total. The van der Waals surface area contributed by atoms with Crippen molar-refractivity contribution in [2.75, 3.05) is 20.3 Å². The second-order valence-electron chi connectivity index (χ2n) is 5.09. The summed E-state index contributed by atoms with van der Waals surface area (Å²) in [5.41, 5.74) is 1.40. The number of nitrogens with zero attached hydrogens (tertiary/aromatic N) is 2. The summed E-state index contributed by atoms with van der Waals surface area (Å²) >= 11 is 1.52. The van der Waals surface area contributed by atoms with Gasteiger partial charge in [-0.05, 0) is 30.3 Å². The molecule has 2 aromatic heterocycles. The van der Waals surface area contributed by atoms with Gasteiger partial charge in [0.05, 0.1) is 22.9 Å². The lowest BCUT2D eigenvalue weighted by Crippen LogP contribution is -2.34. The number of aromatic nitrogens is 2. The first-order valence-corrected chi connectivity index (χ1v) is 7.98. The van der Waals surface area contributed by atoms with Crippen LogP contribution in [0.15, 0.2) is 42.7 Å². The maximum Gasteiger partial charge on any atom is 0.251 e. The lowest BCUT2D eigenvalue weighted by atomic mass is 10.2. The van der Waals surface area contributed by atoms with Crippen molar-refractivity contribution in [1.82, 2.24) is 14.9 Å². The van der Waals surface area contributed by atoms with Crippen LogP contribution in [-0.4, -0.2) is 46.9 Å². The van der Waals surface area contributed by atoms with Gasteiger partial charge < -0.3 is 19.7 Å². The summed E-state index contributed by atoms with van der Waals surface area (Å²) in [6.45, 7) is 0.344. The average molecular weight is 331 g/mol. The van der Waals surface area contributed by atoms with E-state index in [1.54, 1.807) is 6.07 Å². The van der Waals surface area contributed by atoms with Gasteiger partial charge in [0.25, 0.3) is 5.91 Å². The minimum absolute atomic E-state index is 0.155. The number of methoxy groups -OCH3 is 1. The monoisotopic (exact) mass is 331 g/mol. The summed E-state index contributed by atoms with van der Waals surface area (Å²) < 4.78 is 7.71. The maximum atomic E-state index is 12.1. The molecular formula is C16H17N3O3S. The zero-order valence-corrected chi connectivity index (χ0v) is 13.4. The Morgan fingerprint density at radius 1 is 1.43 bits per heavy atom. The van der Waals surface area contributed by atoms with Crippen molar-refractivity contribution >= 4 is 27.5 Å². The number of carbonyl (C=O) groups excluding carboxylic acids is 1. The SMILES string of the molecule is COCC(O)CNC(=O)c1ccc2nc(-n3cccc3)sc2c1. The molecule has 0 saturated carbocycles. The largest absolute Gasteiger partial charge is 0.389 e. The van der Waals surface area contributed by atoms with Crippen molar-refractivity contribution in [3.05, 3.63) is 48.3 Å². The van der Waals surface area contributed by atoms with Gasteiger partial charge in [0.15, 0.2) is 5.13 Å². The highest BCUT2D eigenvalue weighted by atomic mass is 32.1. The first-order valence-electron chi connectivity index (χ1n) is 7.16. The predicted octanol–water partition coefficient (Wildman–Crippen LogP) is 1.82. The molecule has 3 aromatic rings. The quantitative estimate of drug-likeness (QED) is 0.722. The Kier molecular flexibility index (Phi) is 4.71. The molecule has 1 atom stereocenters. The molecule has 0 saturated heterocycles. The van der Waals surface area contributed by atoms with Crippen molar-refractivity contribution in [2.24, 2.45) is 0 Å². The molecule has 0 aliphatic heterocycles. The topological polar surface area (TPSA) is 76.4 Å². The third-order valence-corrected chi connectivity index (χ3v) is 4.35. The minimum atomic E-state index is -0.712. The molecule has 3 rings (SSSR count). The Labute approximate surface area is 137 Å². The van der Waals surface area contributed by atoms with E-state index in [-0.39, 0.29) is 19.1 Å². The average Bonchev–Trinajstić information content (AvgIpc) is 3.20. The number of ether oxygens (including phenoxy) is 1. The molecule has 6 nitrogen and oxygen atoms in total. The molecule has 23 heavy (non-hydrogen) atoms. The second kappa shape index (κ2) is 6.91. The minimum Gasteiger partial charge on any atom is -0.389 e. The fraction of sp³-hybridized carbons (Fsp3) is 0.250. The highest BCUT2D eigenvalue weighted by Crippen LogP contribution is 2.25. The molecule has 0 spiro atoms. The number of nitrogens with one attached hydrogen (secondary N) is 1. The summed E-state index contributed by atoms with van der Waals surface area (Å²) in [5, 5.41) is 13.1. The molecule has 1 unspecified atom stereocenters. The first kappa shape index (κ1) is 15.7. The van der Waals surface area contributed by atoms with Crippen molar-refractivity contribution in [2.45, 2.75) is 6.10 Å². The van der Waals surface area contributed by atoms with Crippen LogP contribution in [0.5, 0.6) is 0 Å². The van der Waals surface area contributed by atoms with E-state index in [0.717, 1.165) is 15.3 Å². The molecule has 0 bridgehead atoms. The summed E-state index contributed by atoms with van der Waals surface area (Å²) in [4.78, 5) is 16.7. The van der Waals surface area contributed by atoms with Crippen LogP contribution in [0, 0.1) is 0 Å². The van der Waals surface area contributed by atoms with E-state index >= 15 is 0 Å². The lowest BCUT2D eigenvalue weighted by molar-refractivity contribution is 0.0610. The van der Waals surface area contributed by atoms with Gasteiger partial charge in [-0.2, -0.15) is 0 Å². The number of aliphatic hydroxyl groups is 1. The fourth-order valence-corrected chi connectivity index (χ4v) is 3.16. The van der Waals surface area contributed by atoms with Gasteiger partial charge in [-0.25, -0.2) is 4.98 Å². The van der Waals surface area contributed by atoms with E-state index < -0.39 is 6.10 Å². The third-order valence-electron chi connectivity index (χ3n) is 3.32. The number of fused-ring (bicyclic) bond motifs is 1. The molecule has 0 radical (unpaired) electrons. The van der Waals surface area contributed by atoms with Crippen LogP contribution in [0.1, 0.15) is 10.4 Å². The lowest BCUT2D eigenvalue weighted by Gasteiger charge is -2.10. The molecule has 7 heteroatoms. The number of thiazole rings is 1. The van der Waals surface area contributed by atoms with Gasteiger partial charge in [-0.1, -0.05) is 11.3 Å². The zero-order valence-electron chi connectivity index (χ0n) is 12.6. The molecule has 2 heterocycles. The first-order chi connectivity index (χ1) is 11.2. The van der Waals surface area contributed by atoms with Gasteiger partial charge in [0, 0.05) is 31.6 Å². The molecular weight excluding hydrogens is 314 g/mol. The molecule has 1 aromatic carbocycles. The van der Waals surface area contributed by atoms with Crippen molar-refractivity contribution < 1.29 is 14.6 Å². The molecule has 120 valence electrons. The van der Waals surface area contributed by atoms with Gasteiger partial charge in [0.1, 0.15) is 0 Å². The summed E-state index contributed by atoms with van der Waals surface area (Å²) in [6.07, 6.45) is 3.15. The van der Waals surface area contributed by atoms with Crippen molar-refractivity contribution in [3.63, 3.8) is 0 Å². The number of hydrogen-bond donors (Lipinski definition) is 2. The molecule has 0 aliphatic rings. The molecule has 0 aliphatic carbocycles. The van der Waals surface area contributed by atoms with Crippen LogP contribution < -0.4 is 5.32 Å². The van der Waals surface area contributed by atoms with E-state index in [4.69, 9.17) is 4.74 Å². The Hall–Kier alpha value is -2.22. The number of benzene rings is 1. The summed E-state index contributed by atoms with van der Waals surface area (Å²) in [5.74, 6) is -0.224. The standard InChI is InChI=1S/C16H17N3O3S/c1-22-10-12(20)9-17-15(21)11-4-5-13-14(8-11)23-16(18-13)19-6-2-3-7-19/h2-8,12,20H,9-10H2,1H3,(H,17,21). The maximum absolute atomic E-state index is 12.1. The van der Waals surface area contributed by atoms with E-state index in [9.17, 15) is 9.90 Å². The van der Waals surface area contributed by atoms with Crippen LogP contribution >= 0.6 is 11.3 Å². The Morgan fingerprint density at radius 3 is 2.96 bits per heavy atom. The second-order valence-corrected chi connectivity index (χ2v) is 6.10. The van der Waals surface area contributed by atoms with Crippen LogP contribution in [0.4, 0.5) is 0 Å². The van der Waals surface area contributed by atoms with Gasteiger partial charge in [-0.15, -0.1) is 0 Å². The van der Waals surface area contributed by atoms with Gasteiger partial charge in [0.2, 0.25) is 0 Å². The van der Waals surface area contributed by atoms with Crippen molar-refractivity contribution in [3.8, 4) is 5.13 Å². The van der Waals surface area contributed by atoms with Crippen molar-refractivity contribution in [1.29, 1.82) is 0 Å². The van der Waals surface area contributed by atoms with E-state index in [0.29, 0.717) is 5.56 Å². The summed E-state index contributed by atoms with van der Waals surface area (Å²) in [7, 11) is 1.51. The highest BCUT2D eigenvalue weighted by Gasteiger charge is 2.11.